The highest BCUT2D eigenvalue weighted by atomic mass is 16.6. The number of hydrogen-bond acceptors (Lipinski definition) is 4. The van der Waals surface area contributed by atoms with Crippen molar-refractivity contribution in [3.63, 3.8) is 0 Å². The lowest BCUT2D eigenvalue weighted by Crippen LogP contribution is -2.80. The Hall–Kier alpha value is -1.10. The van der Waals surface area contributed by atoms with Gasteiger partial charge in [-0.25, -0.2) is 4.79 Å². The van der Waals surface area contributed by atoms with Crippen LogP contribution in [0.15, 0.2) is 0 Å². The number of nitrogens with one attached hydrogen (secondary N) is 1. The molecule has 1 amide bonds. The molecule has 0 aromatic rings. The summed E-state index contributed by atoms with van der Waals surface area (Å²) >= 11 is 0. The highest BCUT2D eigenvalue weighted by Gasteiger charge is 2.78. The summed E-state index contributed by atoms with van der Waals surface area (Å²) in [5.74, 6) is -1.02. The van der Waals surface area contributed by atoms with E-state index in [9.17, 15) is 14.7 Å². The van der Waals surface area contributed by atoms with E-state index in [0.29, 0.717) is 0 Å². The van der Waals surface area contributed by atoms with Crippen LogP contribution in [-0.2, 0) is 14.3 Å². The number of fused-ring (bicyclic) bond motifs is 1. The predicted octanol–water partition coefficient (Wildman–Crippen LogP) is 0.748. The second-order valence-electron chi connectivity index (χ2n) is 6.36. The summed E-state index contributed by atoms with van der Waals surface area (Å²) in [6.45, 7) is 3.50. The zero-order chi connectivity index (χ0) is 13.8. The van der Waals surface area contributed by atoms with E-state index in [2.05, 4.69) is 5.32 Å². The van der Waals surface area contributed by atoms with Gasteiger partial charge < -0.3 is 15.2 Å². The fourth-order valence-corrected chi connectivity index (χ4v) is 3.96. The van der Waals surface area contributed by atoms with Gasteiger partial charge in [-0.1, -0.05) is 19.3 Å². The van der Waals surface area contributed by atoms with Gasteiger partial charge in [0, 0.05) is 0 Å². The highest BCUT2D eigenvalue weighted by Crippen LogP contribution is 2.52. The Balaban J connectivity index is 1.92. The third kappa shape index (κ3) is 1.39. The Morgan fingerprint density at radius 2 is 1.95 bits per heavy atom. The second-order valence-corrected chi connectivity index (χ2v) is 6.36. The monoisotopic (exact) mass is 267 g/mol. The Labute approximate surface area is 112 Å². The van der Waals surface area contributed by atoms with Gasteiger partial charge in [-0.15, -0.1) is 0 Å². The smallest absolute Gasteiger partial charge is 0.339 e. The average molecular weight is 267 g/mol. The first-order valence-corrected chi connectivity index (χ1v) is 7.17. The molecule has 5 heteroatoms. The summed E-state index contributed by atoms with van der Waals surface area (Å²) in [6, 6.07) is 0. The van der Waals surface area contributed by atoms with Crippen LogP contribution in [0.3, 0.4) is 0 Å². The molecular weight excluding hydrogens is 246 g/mol. The number of amides is 1. The fraction of sp³-hybridized carbons (Fsp3) is 0.857. The number of ether oxygens (including phenoxy) is 1. The van der Waals surface area contributed by atoms with E-state index in [4.69, 9.17) is 4.74 Å². The molecule has 0 bridgehead atoms. The van der Waals surface area contributed by atoms with Gasteiger partial charge in [0.2, 0.25) is 11.4 Å². The molecular formula is C14H21NO4. The van der Waals surface area contributed by atoms with E-state index in [1.54, 1.807) is 13.8 Å². The van der Waals surface area contributed by atoms with E-state index in [1.807, 2.05) is 0 Å². The van der Waals surface area contributed by atoms with Crippen molar-refractivity contribution in [2.45, 2.75) is 63.2 Å². The van der Waals surface area contributed by atoms with E-state index < -0.39 is 29.1 Å². The van der Waals surface area contributed by atoms with Crippen LogP contribution in [0.25, 0.3) is 0 Å². The lowest BCUT2D eigenvalue weighted by molar-refractivity contribution is -0.238. The van der Waals surface area contributed by atoms with Crippen LogP contribution in [0.2, 0.25) is 0 Å². The van der Waals surface area contributed by atoms with Crippen molar-refractivity contribution in [2.24, 2.45) is 11.8 Å². The van der Waals surface area contributed by atoms with Gasteiger partial charge in [0.25, 0.3) is 0 Å². The molecule has 19 heavy (non-hydrogen) atoms. The first-order chi connectivity index (χ1) is 8.93. The molecule has 106 valence electrons. The predicted molar refractivity (Wildman–Crippen MR) is 67.1 cm³/mol. The summed E-state index contributed by atoms with van der Waals surface area (Å²) in [7, 11) is 0. The highest BCUT2D eigenvalue weighted by molar-refractivity contribution is 6.01. The Kier molecular flexibility index (Phi) is 2.68. The molecule has 2 N–H and O–H groups in total. The largest absolute Gasteiger partial charge is 0.453 e. The number of aliphatic hydroxyl groups excluding tert-OH is 1. The lowest BCUT2D eigenvalue weighted by Gasteiger charge is -2.54. The molecule has 3 fully saturated rings. The standard InChI is InChI=1S/C14H21NO4/c1-8-11(17)15-14(12(18)19-13(8,14)2)10(16)9-6-4-3-5-7-9/h8-10,16H,3-7H2,1-2H3,(H,15,17)/t8?,10-,13-,14?/m0/s1. The molecule has 1 saturated carbocycles. The van der Waals surface area contributed by atoms with Gasteiger partial charge in [-0.2, -0.15) is 0 Å². The molecule has 3 rings (SSSR count). The van der Waals surface area contributed by atoms with Crippen molar-refractivity contribution in [3.8, 4) is 0 Å². The van der Waals surface area contributed by atoms with Gasteiger partial charge in [0.05, 0.1) is 12.0 Å². The summed E-state index contributed by atoms with van der Waals surface area (Å²) in [6.07, 6.45) is 4.32. The van der Waals surface area contributed by atoms with Crippen molar-refractivity contribution < 1.29 is 19.4 Å². The Bertz CT molecular complexity index is 431. The van der Waals surface area contributed by atoms with Crippen molar-refractivity contribution in [1.82, 2.24) is 5.32 Å². The minimum Gasteiger partial charge on any atom is -0.453 e. The number of aliphatic hydroxyl groups is 1. The van der Waals surface area contributed by atoms with Gasteiger partial charge in [0.15, 0.2) is 5.60 Å². The van der Waals surface area contributed by atoms with Gasteiger partial charge in [0.1, 0.15) is 0 Å². The van der Waals surface area contributed by atoms with E-state index in [0.717, 1.165) is 25.7 Å². The average Bonchev–Trinajstić information content (AvgIpc) is 2.57. The number of rotatable bonds is 2. The van der Waals surface area contributed by atoms with E-state index in [-0.39, 0.29) is 11.8 Å². The Morgan fingerprint density at radius 3 is 2.47 bits per heavy atom. The van der Waals surface area contributed by atoms with Crippen molar-refractivity contribution in [1.29, 1.82) is 0 Å². The van der Waals surface area contributed by atoms with Crippen LogP contribution < -0.4 is 5.32 Å². The maximum Gasteiger partial charge on any atom is 0.339 e. The van der Waals surface area contributed by atoms with Crippen LogP contribution >= 0.6 is 0 Å². The van der Waals surface area contributed by atoms with Gasteiger partial charge >= 0.3 is 5.97 Å². The summed E-state index contributed by atoms with van der Waals surface area (Å²) < 4.78 is 5.27. The van der Waals surface area contributed by atoms with Gasteiger partial charge in [-0.05, 0) is 32.6 Å². The van der Waals surface area contributed by atoms with Crippen LogP contribution in [0.4, 0.5) is 0 Å². The topological polar surface area (TPSA) is 75.6 Å². The molecule has 2 heterocycles. The lowest BCUT2D eigenvalue weighted by atomic mass is 9.64. The molecule has 4 atom stereocenters. The molecule has 1 aliphatic carbocycles. The SMILES string of the molecule is CC1C(=O)NC2([C@@H](O)C3CCCCC3)C(=O)O[C@@]12C. The molecule has 3 aliphatic rings. The number of carbonyl (C=O) groups excluding carboxylic acids is 2. The zero-order valence-corrected chi connectivity index (χ0v) is 11.4. The molecule has 0 aromatic heterocycles. The second kappa shape index (κ2) is 3.95. The van der Waals surface area contributed by atoms with Crippen LogP contribution in [0.1, 0.15) is 46.0 Å². The Morgan fingerprint density at radius 1 is 1.32 bits per heavy atom. The summed E-state index contributed by atoms with van der Waals surface area (Å²) in [5, 5.41) is 13.5. The minimum absolute atomic E-state index is 0.0755. The normalized spacial score (nSPS) is 44.1. The molecule has 2 saturated heterocycles. The van der Waals surface area contributed by atoms with Crippen LogP contribution in [0, 0.1) is 11.8 Å². The molecule has 0 aromatic carbocycles. The minimum atomic E-state index is -1.22. The first-order valence-electron chi connectivity index (χ1n) is 7.17. The first kappa shape index (κ1) is 12.9. The molecule has 0 radical (unpaired) electrons. The number of carbonyl (C=O) groups is 2. The molecule has 2 aliphatic heterocycles. The maximum atomic E-state index is 12.0. The molecule has 5 nitrogen and oxygen atoms in total. The third-order valence-electron chi connectivity index (χ3n) is 5.49. The molecule has 0 spiro atoms. The molecule has 2 unspecified atom stereocenters. The fourth-order valence-electron chi connectivity index (χ4n) is 3.96. The van der Waals surface area contributed by atoms with E-state index in [1.165, 1.54) is 6.42 Å². The number of hydrogen-bond donors (Lipinski definition) is 2. The maximum absolute atomic E-state index is 12.0. The summed E-state index contributed by atoms with van der Waals surface area (Å²) in [4.78, 5) is 23.9. The quantitative estimate of drug-likeness (QED) is 0.724. The van der Waals surface area contributed by atoms with Crippen molar-refractivity contribution in [2.75, 3.05) is 0 Å². The number of esters is 1. The van der Waals surface area contributed by atoms with E-state index >= 15 is 0 Å². The summed E-state index contributed by atoms with van der Waals surface area (Å²) in [5.41, 5.74) is -2.12. The van der Waals surface area contributed by atoms with Crippen molar-refractivity contribution in [3.05, 3.63) is 0 Å². The van der Waals surface area contributed by atoms with Crippen LogP contribution in [-0.4, -0.2) is 34.2 Å². The van der Waals surface area contributed by atoms with Crippen LogP contribution in [0.5, 0.6) is 0 Å². The van der Waals surface area contributed by atoms with Crippen molar-refractivity contribution >= 4 is 11.9 Å². The third-order valence-corrected chi connectivity index (χ3v) is 5.49. The van der Waals surface area contributed by atoms with Gasteiger partial charge in [-0.3, -0.25) is 4.79 Å². The zero-order valence-electron chi connectivity index (χ0n) is 11.4.